The Morgan fingerprint density at radius 1 is 1.78 bits per heavy atom. The highest BCUT2D eigenvalue weighted by molar-refractivity contribution is 5.69. The molecule has 0 aliphatic rings. The summed E-state index contributed by atoms with van der Waals surface area (Å²) in [5.41, 5.74) is 0. The van der Waals surface area contributed by atoms with Crippen molar-refractivity contribution in [1.29, 1.82) is 0 Å². The molecule has 0 aromatic carbocycles. The molecule has 0 aromatic heterocycles. The summed E-state index contributed by atoms with van der Waals surface area (Å²) in [6.07, 6.45) is -0.792. The quantitative estimate of drug-likeness (QED) is 0.544. The van der Waals surface area contributed by atoms with E-state index in [1.807, 2.05) is 0 Å². The molecule has 0 aromatic rings. The van der Waals surface area contributed by atoms with Gasteiger partial charge in [-0.3, -0.25) is 4.79 Å². The minimum atomic E-state index is -1.04. The topological polar surface area (TPSA) is 26.3 Å². The number of carbonyl (C=O) groups excluding carboxylic acids is 1. The maximum atomic E-state index is 12.3. The van der Waals surface area contributed by atoms with E-state index in [2.05, 4.69) is 4.74 Å². The van der Waals surface area contributed by atoms with E-state index in [0.717, 1.165) is 0 Å². The number of ether oxygens (including phenoxy) is 1. The number of esters is 1. The first kappa shape index (κ1) is 8.40. The number of rotatable bonds is 3. The fourth-order valence-electron chi connectivity index (χ4n) is 0.409. The number of halogens is 1. The fourth-order valence-corrected chi connectivity index (χ4v) is 0.409. The predicted octanol–water partition coefficient (Wildman–Crippen LogP) is 1.30. The summed E-state index contributed by atoms with van der Waals surface area (Å²) in [6, 6.07) is 0. The van der Waals surface area contributed by atoms with Crippen LogP contribution in [0.3, 0.4) is 0 Å². The molecule has 2 nitrogen and oxygen atoms in total. The molecule has 54 valence electrons. The second-order valence-corrected chi connectivity index (χ2v) is 1.79. The predicted molar refractivity (Wildman–Crippen MR) is 31.8 cm³/mol. The van der Waals surface area contributed by atoms with Gasteiger partial charge in [0.05, 0.1) is 13.5 Å². The molecule has 0 saturated carbocycles. The molecule has 0 amide bonds. The van der Waals surface area contributed by atoms with Crippen LogP contribution in [-0.4, -0.2) is 19.3 Å². The lowest BCUT2D eigenvalue weighted by Crippen LogP contribution is -2.08. The molecule has 1 atom stereocenters. The molecule has 0 saturated heterocycles. The van der Waals surface area contributed by atoms with Crippen LogP contribution < -0.4 is 0 Å². The Hall–Kier alpha value is -0.600. The molecule has 0 spiro atoms. The Labute approximate surface area is 54.0 Å². The molecular formula is C6H11FO2. The Morgan fingerprint density at radius 2 is 2.33 bits per heavy atom. The third-order valence-corrected chi connectivity index (χ3v) is 1.06. The SMILES string of the molecule is CC[C@H](F)CC(=O)OC. The van der Waals surface area contributed by atoms with Crippen LogP contribution in [0.1, 0.15) is 19.8 Å². The highest BCUT2D eigenvalue weighted by Gasteiger charge is 2.09. The normalized spacial score (nSPS) is 12.8. The molecular weight excluding hydrogens is 123 g/mol. The summed E-state index contributed by atoms with van der Waals surface area (Å²) >= 11 is 0. The highest BCUT2D eigenvalue weighted by atomic mass is 19.1. The van der Waals surface area contributed by atoms with Crippen LogP contribution in [0.15, 0.2) is 0 Å². The smallest absolute Gasteiger partial charge is 0.308 e. The lowest BCUT2D eigenvalue weighted by atomic mass is 10.2. The van der Waals surface area contributed by atoms with Crippen LogP contribution in [0, 0.1) is 0 Å². The lowest BCUT2D eigenvalue weighted by molar-refractivity contribution is -0.141. The van der Waals surface area contributed by atoms with Crippen LogP contribution >= 0.6 is 0 Å². The molecule has 0 aliphatic carbocycles. The second-order valence-electron chi connectivity index (χ2n) is 1.79. The fraction of sp³-hybridized carbons (Fsp3) is 0.833. The van der Waals surface area contributed by atoms with Crippen LogP contribution in [-0.2, 0) is 9.53 Å². The van der Waals surface area contributed by atoms with Gasteiger partial charge in [0, 0.05) is 0 Å². The number of hydrogen-bond acceptors (Lipinski definition) is 2. The molecule has 0 unspecified atom stereocenters. The molecule has 9 heavy (non-hydrogen) atoms. The molecule has 0 radical (unpaired) electrons. The van der Waals surface area contributed by atoms with Crippen molar-refractivity contribution in [2.75, 3.05) is 7.11 Å². The van der Waals surface area contributed by atoms with E-state index in [-0.39, 0.29) is 6.42 Å². The first-order valence-electron chi connectivity index (χ1n) is 2.91. The average molecular weight is 134 g/mol. The van der Waals surface area contributed by atoms with Gasteiger partial charge in [-0.05, 0) is 6.42 Å². The van der Waals surface area contributed by atoms with Gasteiger partial charge in [-0.1, -0.05) is 6.92 Å². The molecule has 0 aliphatic heterocycles. The Balaban J connectivity index is 3.34. The van der Waals surface area contributed by atoms with Gasteiger partial charge >= 0.3 is 5.97 Å². The van der Waals surface area contributed by atoms with E-state index in [1.165, 1.54) is 7.11 Å². The largest absolute Gasteiger partial charge is 0.469 e. The molecule has 0 rings (SSSR count). The lowest BCUT2D eigenvalue weighted by Gasteiger charge is -2.00. The third-order valence-electron chi connectivity index (χ3n) is 1.06. The molecule has 0 heterocycles. The zero-order valence-electron chi connectivity index (χ0n) is 5.69. The Kier molecular flexibility index (Phi) is 4.01. The molecule has 3 heteroatoms. The van der Waals surface area contributed by atoms with Gasteiger partial charge in [0.15, 0.2) is 0 Å². The van der Waals surface area contributed by atoms with Gasteiger partial charge in [0.25, 0.3) is 0 Å². The Bertz CT molecular complexity index is 93.1. The van der Waals surface area contributed by atoms with Gasteiger partial charge in [0.2, 0.25) is 0 Å². The summed E-state index contributed by atoms with van der Waals surface area (Å²) in [5.74, 6) is -0.482. The second kappa shape index (κ2) is 4.30. The van der Waals surface area contributed by atoms with E-state index >= 15 is 0 Å². The van der Waals surface area contributed by atoms with E-state index in [1.54, 1.807) is 6.92 Å². The standard InChI is InChI=1S/C6H11FO2/c1-3-5(7)4-6(8)9-2/h5H,3-4H2,1-2H3/t5-/m0/s1. The van der Waals surface area contributed by atoms with E-state index in [4.69, 9.17) is 0 Å². The zero-order chi connectivity index (χ0) is 7.28. The van der Waals surface area contributed by atoms with Gasteiger partial charge in [-0.25, -0.2) is 4.39 Å². The van der Waals surface area contributed by atoms with Crippen molar-refractivity contribution in [2.24, 2.45) is 0 Å². The van der Waals surface area contributed by atoms with Crippen molar-refractivity contribution in [3.05, 3.63) is 0 Å². The first-order valence-corrected chi connectivity index (χ1v) is 2.91. The van der Waals surface area contributed by atoms with Gasteiger partial charge in [0.1, 0.15) is 6.17 Å². The van der Waals surface area contributed by atoms with Crippen LogP contribution in [0.4, 0.5) is 4.39 Å². The van der Waals surface area contributed by atoms with E-state index < -0.39 is 12.1 Å². The number of hydrogen-bond donors (Lipinski definition) is 0. The minimum absolute atomic E-state index is 0.118. The van der Waals surface area contributed by atoms with Gasteiger partial charge < -0.3 is 4.74 Å². The maximum absolute atomic E-state index is 12.3. The van der Waals surface area contributed by atoms with E-state index in [9.17, 15) is 9.18 Å². The third kappa shape index (κ3) is 3.94. The summed E-state index contributed by atoms with van der Waals surface area (Å²) < 4.78 is 16.5. The monoisotopic (exact) mass is 134 g/mol. The van der Waals surface area contributed by atoms with E-state index in [0.29, 0.717) is 6.42 Å². The van der Waals surface area contributed by atoms with Crippen molar-refractivity contribution < 1.29 is 13.9 Å². The van der Waals surface area contributed by atoms with Gasteiger partial charge in [-0.15, -0.1) is 0 Å². The van der Waals surface area contributed by atoms with Crippen molar-refractivity contribution in [3.63, 3.8) is 0 Å². The van der Waals surface area contributed by atoms with Crippen LogP contribution in [0.25, 0.3) is 0 Å². The summed E-state index contributed by atoms with van der Waals surface area (Å²) in [5, 5.41) is 0. The average Bonchev–Trinajstić information content (AvgIpc) is 1.87. The van der Waals surface area contributed by atoms with Crippen molar-refractivity contribution in [3.8, 4) is 0 Å². The highest BCUT2D eigenvalue weighted by Crippen LogP contribution is 2.02. The summed E-state index contributed by atoms with van der Waals surface area (Å²) in [7, 11) is 1.25. The summed E-state index contributed by atoms with van der Waals surface area (Å²) in [4.78, 5) is 10.3. The Morgan fingerprint density at radius 3 is 2.67 bits per heavy atom. The van der Waals surface area contributed by atoms with Crippen molar-refractivity contribution >= 4 is 5.97 Å². The molecule has 0 N–H and O–H groups in total. The van der Waals surface area contributed by atoms with Crippen molar-refractivity contribution in [1.82, 2.24) is 0 Å². The van der Waals surface area contributed by atoms with Gasteiger partial charge in [-0.2, -0.15) is 0 Å². The summed E-state index contributed by atoms with van der Waals surface area (Å²) in [6.45, 7) is 1.69. The van der Waals surface area contributed by atoms with Crippen LogP contribution in [0.2, 0.25) is 0 Å². The number of methoxy groups -OCH3 is 1. The number of carbonyl (C=O) groups is 1. The van der Waals surface area contributed by atoms with Crippen LogP contribution in [0.5, 0.6) is 0 Å². The first-order chi connectivity index (χ1) is 4.20. The molecule has 0 bridgehead atoms. The molecule has 0 fully saturated rings. The zero-order valence-corrected chi connectivity index (χ0v) is 5.69. The maximum Gasteiger partial charge on any atom is 0.308 e. The van der Waals surface area contributed by atoms with Crippen molar-refractivity contribution in [2.45, 2.75) is 25.9 Å². The number of alkyl halides is 1. The minimum Gasteiger partial charge on any atom is -0.469 e.